The van der Waals surface area contributed by atoms with E-state index in [1.165, 1.54) is 18.1 Å². The Morgan fingerprint density at radius 1 is 1.29 bits per heavy atom. The molecular formula is C17H13ClN2O3S. The third kappa shape index (κ3) is 2.93. The third-order valence-corrected chi connectivity index (χ3v) is 4.09. The molecular weight excluding hydrogens is 348 g/mol. The summed E-state index contributed by atoms with van der Waals surface area (Å²) < 4.78 is 5.00. The molecule has 7 heteroatoms. The molecule has 0 bridgehead atoms. The molecule has 0 aromatic heterocycles. The molecule has 2 N–H and O–H groups in total. The Kier molecular flexibility index (Phi) is 4.42. The number of para-hydroxylation sites is 1. The van der Waals surface area contributed by atoms with Gasteiger partial charge in [0.15, 0.2) is 16.6 Å². The van der Waals surface area contributed by atoms with Crippen molar-refractivity contribution in [2.45, 2.75) is 0 Å². The number of carbonyl (C=O) groups is 1. The monoisotopic (exact) mass is 360 g/mol. The van der Waals surface area contributed by atoms with Crippen LogP contribution in [-0.2, 0) is 4.79 Å². The SMILES string of the molecule is COc1ccc(/C=C2\NC(=S)N(c3ccccc3Cl)C2=O)cc1O. The second kappa shape index (κ2) is 6.51. The minimum Gasteiger partial charge on any atom is -0.504 e. The molecule has 1 heterocycles. The van der Waals surface area contributed by atoms with Crippen molar-refractivity contribution >= 4 is 46.6 Å². The number of rotatable bonds is 3. The number of nitrogens with zero attached hydrogens (tertiary/aromatic N) is 1. The van der Waals surface area contributed by atoms with Crippen molar-refractivity contribution in [3.63, 3.8) is 0 Å². The van der Waals surface area contributed by atoms with Gasteiger partial charge in [0.05, 0.1) is 17.8 Å². The van der Waals surface area contributed by atoms with Gasteiger partial charge in [0.2, 0.25) is 0 Å². The number of hydrogen-bond donors (Lipinski definition) is 2. The van der Waals surface area contributed by atoms with E-state index in [2.05, 4.69) is 5.32 Å². The van der Waals surface area contributed by atoms with Crippen LogP contribution in [0.2, 0.25) is 5.02 Å². The predicted octanol–water partition coefficient (Wildman–Crippen LogP) is 3.32. The summed E-state index contributed by atoms with van der Waals surface area (Å²) in [6.45, 7) is 0. The molecule has 5 nitrogen and oxygen atoms in total. The molecule has 122 valence electrons. The number of phenolic OH excluding ortho intramolecular Hbond substituents is 1. The highest BCUT2D eigenvalue weighted by Gasteiger charge is 2.33. The minimum absolute atomic E-state index is 0.0113. The highest BCUT2D eigenvalue weighted by molar-refractivity contribution is 7.80. The normalized spacial score (nSPS) is 15.8. The molecule has 1 aliphatic rings. The van der Waals surface area contributed by atoms with E-state index in [1.54, 1.807) is 42.5 Å². The van der Waals surface area contributed by atoms with Crippen LogP contribution in [0.25, 0.3) is 6.08 Å². The number of hydrogen-bond acceptors (Lipinski definition) is 4. The standard InChI is InChI=1S/C17H13ClN2O3S/c1-23-15-7-6-10(9-14(15)21)8-12-16(22)20(17(24)19-12)13-5-3-2-4-11(13)18/h2-9,21H,1H3,(H,19,24)/b12-8-. The van der Waals surface area contributed by atoms with Crippen molar-refractivity contribution in [2.75, 3.05) is 12.0 Å². The Bertz CT molecular complexity index is 867. The number of methoxy groups -OCH3 is 1. The summed E-state index contributed by atoms with van der Waals surface area (Å²) in [5.74, 6) is 0.0299. The van der Waals surface area contributed by atoms with Gasteiger partial charge in [0, 0.05) is 0 Å². The number of carbonyl (C=O) groups excluding carboxylic acids is 1. The van der Waals surface area contributed by atoms with Crippen molar-refractivity contribution in [3.05, 3.63) is 58.7 Å². The summed E-state index contributed by atoms with van der Waals surface area (Å²) in [7, 11) is 1.47. The highest BCUT2D eigenvalue weighted by Crippen LogP contribution is 2.30. The topological polar surface area (TPSA) is 61.8 Å². The van der Waals surface area contributed by atoms with Crippen LogP contribution in [0.5, 0.6) is 11.5 Å². The van der Waals surface area contributed by atoms with Gasteiger partial charge in [-0.25, -0.2) is 0 Å². The van der Waals surface area contributed by atoms with Crippen LogP contribution in [0.4, 0.5) is 5.69 Å². The molecule has 2 aromatic carbocycles. The summed E-state index contributed by atoms with van der Waals surface area (Å²) in [5, 5.41) is 13.4. The van der Waals surface area contributed by atoms with E-state index >= 15 is 0 Å². The molecule has 0 radical (unpaired) electrons. The van der Waals surface area contributed by atoms with Gasteiger partial charge >= 0.3 is 0 Å². The van der Waals surface area contributed by atoms with Gasteiger partial charge in [-0.05, 0) is 48.1 Å². The number of nitrogens with one attached hydrogen (secondary N) is 1. The number of benzene rings is 2. The molecule has 0 atom stereocenters. The van der Waals surface area contributed by atoms with Gasteiger partial charge < -0.3 is 15.2 Å². The van der Waals surface area contributed by atoms with Crippen LogP contribution in [0, 0.1) is 0 Å². The first-order chi connectivity index (χ1) is 11.5. The third-order valence-electron chi connectivity index (χ3n) is 3.49. The van der Waals surface area contributed by atoms with Crippen LogP contribution in [0.1, 0.15) is 5.56 Å². The first kappa shape index (κ1) is 16.3. The van der Waals surface area contributed by atoms with Crippen LogP contribution in [0.3, 0.4) is 0 Å². The van der Waals surface area contributed by atoms with Gasteiger partial charge in [-0.3, -0.25) is 9.69 Å². The van der Waals surface area contributed by atoms with Crippen LogP contribution in [0.15, 0.2) is 48.2 Å². The van der Waals surface area contributed by atoms with Crippen molar-refractivity contribution < 1.29 is 14.6 Å². The van der Waals surface area contributed by atoms with Crippen molar-refractivity contribution in [3.8, 4) is 11.5 Å². The molecule has 2 aromatic rings. The van der Waals surface area contributed by atoms with E-state index < -0.39 is 0 Å². The number of halogens is 1. The van der Waals surface area contributed by atoms with Crippen molar-refractivity contribution in [1.29, 1.82) is 0 Å². The van der Waals surface area contributed by atoms with Crippen LogP contribution in [-0.4, -0.2) is 23.2 Å². The molecule has 0 saturated carbocycles. The van der Waals surface area contributed by atoms with Gasteiger partial charge in [-0.2, -0.15) is 0 Å². The van der Waals surface area contributed by atoms with E-state index in [-0.39, 0.29) is 16.8 Å². The number of ether oxygens (including phenoxy) is 1. The quantitative estimate of drug-likeness (QED) is 0.649. The lowest BCUT2D eigenvalue weighted by Crippen LogP contribution is -2.30. The molecule has 0 unspecified atom stereocenters. The highest BCUT2D eigenvalue weighted by atomic mass is 35.5. The fourth-order valence-electron chi connectivity index (χ4n) is 2.35. The Morgan fingerprint density at radius 3 is 2.71 bits per heavy atom. The van der Waals surface area contributed by atoms with E-state index in [4.69, 9.17) is 28.6 Å². The zero-order chi connectivity index (χ0) is 17.3. The lowest BCUT2D eigenvalue weighted by Gasteiger charge is -2.15. The maximum atomic E-state index is 12.6. The second-order valence-electron chi connectivity index (χ2n) is 5.01. The number of aromatic hydroxyl groups is 1. The van der Waals surface area contributed by atoms with Crippen LogP contribution < -0.4 is 15.0 Å². The summed E-state index contributed by atoms with van der Waals surface area (Å²) in [4.78, 5) is 14.0. The fourth-order valence-corrected chi connectivity index (χ4v) is 2.86. The molecule has 0 aliphatic carbocycles. The van der Waals surface area contributed by atoms with Gasteiger partial charge in [0.1, 0.15) is 5.70 Å². The van der Waals surface area contributed by atoms with Gasteiger partial charge in [-0.15, -0.1) is 0 Å². The molecule has 0 spiro atoms. The minimum atomic E-state index is -0.316. The molecule has 24 heavy (non-hydrogen) atoms. The van der Waals surface area contributed by atoms with E-state index in [0.29, 0.717) is 27.7 Å². The largest absolute Gasteiger partial charge is 0.504 e. The Hall–Kier alpha value is -2.57. The molecule has 1 saturated heterocycles. The number of amides is 1. The summed E-state index contributed by atoms with van der Waals surface area (Å²) >= 11 is 11.4. The first-order valence-electron chi connectivity index (χ1n) is 7.00. The Labute approximate surface area is 149 Å². The maximum Gasteiger partial charge on any atom is 0.281 e. The van der Waals surface area contributed by atoms with Gasteiger partial charge in [0.25, 0.3) is 5.91 Å². The second-order valence-corrected chi connectivity index (χ2v) is 5.81. The number of thiocarbonyl (C=S) groups is 1. The van der Waals surface area contributed by atoms with E-state index in [0.717, 1.165) is 0 Å². The number of anilines is 1. The summed E-state index contributed by atoms with van der Waals surface area (Å²) in [6, 6.07) is 11.8. The average Bonchev–Trinajstić information content (AvgIpc) is 2.82. The van der Waals surface area contributed by atoms with Crippen molar-refractivity contribution in [2.24, 2.45) is 0 Å². The average molecular weight is 361 g/mol. The first-order valence-corrected chi connectivity index (χ1v) is 7.78. The predicted molar refractivity (Wildman–Crippen MR) is 97.3 cm³/mol. The fraction of sp³-hybridized carbons (Fsp3) is 0.0588. The molecule has 3 rings (SSSR count). The molecule has 1 aliphatic heterocycles. The Morgan fingerprint density at radius 2 is 2.04 bits per heavy atom. The smallest absolute Gasteiger partial charge is 0.281 e. The summed E-state index contributed by atoms with van der Waals surface area (Å²) in [6.07, 6.45) is 1.60. The molecule has 1 fully saturated rings. The number of phenols is 1. The zero-order valence-electron chi connectivity index (χ0n) is 12.6. The zero-order valence-corrected chi connectivity index (χ0v) is 14.2. The van der Waals surface area contributed by atoms with Crippen LogP contribution >= 0.6 is 23.8 Å². The van der Waals surface area contributed by atoms with E-state index in [1.807, 2.05) is 0 Å². The van der Waals surface area contributed by atoms with Crippen molar-refractivity contribution in [1.82, 2.24) is 5.32 Å². The maximum absolute atomic E-state index is 12.6. The lowest BCUT2D eigenvalue weighted by molar-refractivity contribution is -0.113. The summed E-state index contributed by atoms with van der Waals surface area (Å²) in [5.41, 5.74) is 1.44. The Balaban J connectivity index is 1.94. The van der Waals surface area contributed by atoms with E-state index in [9.17, 15) is 9.90 Å². The van der Waals surface area contributed by atoms with Gasteiger partial charge in [-0.1, -0.05) is 29.8 Å². The molecule has 1 amide bonds. The lowest BCUT2D eigenvalue weighted by atomic mass is 10.1.